The number of rotatable bonds is 2. The van der Waals surface area contributed by atoms with Crippen LogP contribution in [0, 0.1) is 0 Å². The predicted molar refractivity (Wildman–Crippen MR) is 175 cm³/mol. The maximum Gasteiger partial charge on any atom is 0.143 e. The molecule has 1 heterocycles. The molecule has 0 aliphatic carbocycles. The summed E-state index contributed by atoms with van der Waals surface area (Å²) in [5, 5.41) is -5.53. The van der Waals surface area contributed by atoms with Crippen LogP contribution in [0.15, 0.2) is 149 Å². The first-order chi connectivity index (χ1) is 30.3. The molecule has 8 aromatic carbocycles. The van der Waals surface area contributed by atoms with Gasteiger partial charge in [0, 0.05) is 16.2 Å². The molecule has 9 aromatic rings. The molecule has 0 saturated heterocycles. The van der Waals surface area contributed by atoms with E-state index in [9.17, 15) is 9.60 Å². The standard InChI is InChI=1S/C40H24O/c1-2-10-25(11-3-1)29-23-36(39-34-21-19-27-13-5-9-17-32(27)40(34)41-37(39)24-29)38-31-16-8-6-14-28(31)22-35-30-15-7-4-12-26(30)18-20-33(35)38/h1-24H/i1D,2D,3D,4D,5D,6D,7D,8D,9D,10D,11D,12D,13D,14D,15D,16D,17D,18D,19D,20D,21D,22D,23D,24D. The van der Waals surface area contributed by atoms with Crippen molar-refractivity contribution in [3.8, 4) is 22.3 Å². The van der Waals surface area contributed by atoms with Gasteiger partial charge in [0.25, 0.3) is 0 Å². The first-order valence-corrected chi connectivity index (χ1v) is 12.2. The molecule has 41 heavy (non-hydrogen) atoms. The summed E-state index contributed by atoms with van der Waals surface area (Å²) in [6, 6.07) is -20.5. The average molecular weight is 545 g/mol. The number of benzene rings is 8. The summed E-state index contributed by atoms with van der Waals surface area (Å²) in [6.07, 6.45) is 0. The Morgan fingerprint density at radius 3 is 1.85 bits per heavy atom. The zero-order valence-electron chi connectivity index (χ0n) is 44.4. The highest BCUT2D eigenvalue weighted by atomic mass is 16.3. The maximum absolute atomic E-state index is 10.0. The lowest BCUT2D eigenvalue weighted by molar-refractivity contribution is 0.673. The largest absolute Gasteiger partial charge is 0.455 e. The van der Waals surface area contributed by atoms with E-state index in [0.29, 0.717) is 0 Å². The second-order valence-electron chi connectivity index (χ2n) is 9.01. The van der Waals surface area contributed by atoms with Crippen molar-refractivity contribution in [3.63, 3.8) is 0 Å². The fraction of sp³-hybridized carbons (Fsp3) is 0. The van der Waals surface area contributed by atoms with E-state index in [4.69, 9.17) is 27.7 Å². The van der Waals surface area contributed by atoms with Crippen molar-refractivity contribution in [2.45, 2.75) is 0 Å². The lowest BCUT2D eigenvalue weighted by atomic mass is 9.86. The van der Waals surface area contributed by atoms with Gasteiger partial charge in [0.15, 0.2) is 0 Å². The van der Waals surface area contributed by atoms with Gasteiger partial charge in [0.05, 0.1) is 32.9 Å². The maximum atomic E-state index is 10.0. The van der Waals surface area contributed by atoms with Gasteiger partial charge in [-0.05, 0) is 84.1 Å². The summed E-state index contributed by atoms with van der Waals surface area (Å²) in [5.41, 5.74) is -4.11. The first kappa shape index (κ1) is 9.33. The lowest BCUT2D eigenvalue weighted by Crippen LogP contribution is -1.89. The third-order valence-corrected chi connectivity index (χ3v) is 6.81. The van der Waals surface area contributed by atoms with Crippen molar-refractivity contribution >= 4 is 65.0 Å². The molecule has 0 radical (unpaired) electrons. The normalized spacial score (nSPS) is 20.1. The van der Waals surface area contributed by atoms with E-state index in [2.05, 4.69) is 0 Å². The van der Waals surface area contributed by atoms with Gasteiger partial charge in [0.2, 0.25) is 0 Å². The topological polar surface area (TPSA) is 13.1 Å². The number of hydrogen-bond donors (Lipinski definition) is 0. The average Bonchev–Trinajstić information content (AvgIpc) is 3.67. The highest BCUT2D eigenvalue weighted by Gasteiger charge is 2.20. The van der Waals surface area contributed by atoms with Gasteiger partial charge in [-0.25, -0.2) is 0 Å². The van der Waals surface area contributed by atoms with E-state index < -0.39 is 232 Å². The highest BCUT2D eigenvalue weighted by Crippen LogP contribution is 2.46. The van der Waals surface area contributed by atoms with Gasteiger partial charge in [-0.3, -0.25) is 0 Å². The first-order valence-electron chi connectivity index (χ1n) is 24.2. The van der Waals surface area contributed by atoms with Crippen molar-refractivity contribution in [3.05, 3.63) is 145 Å². The Morgan fingerprint density at radius 1 is 0.415 bits per heavy atom. The quantitative estimate of drug-likeness (QED) is 0.156. The van der Waals surface area contributed by atoms with Crippen LogP contribution in [0.4, 0.5) is 0 Å². The van der Waals surface area contributed by atoms with Gasteiger partial charge in [-0.15, -0.1) is 0 Å². The zero-order valence-corrected chi connectivity index (χ0v) is 20.4. The van der Waals surface area contributed by atoms with Gasteiger partial charge in [-0.1, -0.05) is 121 Å². The Morgan fingerprint density at radius 2 is 1.05 bits per heavy atom. The molecule has 0 unspecified atom stereocenters. The van der Waals surface area contributed by atoms with Crippen molar-refractivity contribution < 1.29 is 37.3 Å². The molecule has 9 rings (SSSR count). The smallest absolute Gasteiger partial charge is 0.143 e. The third kappa shape index (κ3) is 3.30. The molecule has 190 valence electrons. The zero-order chi connectivity index (χ0) is 47.8. The van der Waals surface area contributed by atoms with Crippen molar-refractivity contribution in [2.75, 3.05) is 0 Å². The molecule has 0 amide bonds. The van der Waals surface area contributed by atoms with E-state index in [-0.39, 0.29) is 0 Å². The summed E-state index contributed by atoms with van der Waals surface area (Å²) >= 11 is 0. The van der Waals surface area contributed by atoms with Crippen LogP contribution in [0.2, 0.25) is 0 Å². The Hall–Kier alpha value is -5.40. The molecule has 1 heteroatoms. The summed E-state index contributed by atoms with van der Waals surface area (Å²) in [4.78, 5) is 0. The Labute approximate surface area is 270 Å². The predicted octanol–water partition coefficient (Wildman–Crippen LogP) is 11.5. The van der Waals surface area contributed by atoms with Crippen LogP contribution in [0.25, 0.3) is 87.3 Å². The van der Waals surface area contributed by atoms with Crippen LogP contribution in [-0.4, -0.2) is 0 Å². The number of fused-ring (bicyclic) bond motifs is 9. The lowest BCUT2D eigenvalue weighted by Gasteiger charge is -2.16. The Kier molecular flexibility index (Phi) is 1.94. The van der Waals surface area contributed by atoms with E-state index in [0.717, 1.165) is 0 Å². The van der Waals surface area contributed by atoms with Crippen LogP contribution in [-0.2, 0) is 0 Å². The monoisotopic (exact) mass is 544 g/mol. The van der Waals surface area contributed by atoms with Gasteiger partial charge in [0.1, 0.15) is 11.2 Å². The fourth-order valence-corrected chi connectivity index (χ4v) is 5.09. The highest BCUT2D eigenvalue weighted by molar-refractivity contribution is 6.26. The van der Waals surface area contributed by atoms with Crippen LogP contribution < -0.4 is 0 Å². The number of hydrogen-bond acceptors (Lipinski definition) is 1. The molecular weight excluding hydrogens is 496 g/mol. The minimum Gasteiger partial charge on any atom is -0.455 e. The molecule has 0 fully saturated rings. The van der Waals surface area contributed by atoms with Gasteiger partial charge in [-0.2, -0.15) is 0 Å². The summed E-state index contributed by atoms with van der Waals surface area (Å²) in [6.45, 7) is 0. The minimum atomic E-state index is -0.974. The second-order valence-corrected chi connectivity index (χ2v) is 9.01. The third-order valence-electron chi connectivity index (χ3n) is 6.81. The van der Waals surface area contributed by atoms with Gasteiger partial charge >= 0.3 is 0 Å². The van der Waals surface area contributed by atoms with Crippen LogP contribution >= 0.6 is 0 Å². The molecular formula is C40H24O. The molecule has 0 aliphatic heterocycles. The van der Waals surface area contributed by atoms with Crippen LogP contribution in [0.3, 0.4) is 0 Å². The Balaban J connectivity index is 1.74. The van der Waals surface area contributed by atoms with E-state index in [1.54, 1.807) is 0 Å². The SMILES string of the molecule is [2H]c1c([2H])c([2H])c(-c2c([2H])c(-c3c4c([2H])c([2H])c([2H])c([2H])c4c([2H])c4c3c([2H])c([2H])c3c([2H])c([2H])c([2H])c([2H])c34)c3c(oc4c5c([2H])c([2H])c([2H])c([2H])c5c([2H])c([2H])c43)c2[2H])c([2H])c1[2H]. The molecule has 1 nitrogen and oxygen atoms in total. The van der Waals surface area contributed by atoms with Crippen molar-refractivity contribution in [1.82, 2.24) is 0 Å². The molecule has 0 saturated carbocycles. The number of furan rings is 1. The van der Waals surface area contributed by atoms with E-state index in [1.165, 1.54) is 0 Å². The molecule has 0 aliphatic rings. The summed E-state index contributed by atoms with van der Waals surface area (Å²) in [7, 11) is 0. The summed E-state index contributed by atoms with van der Waals surface area (Å²) in [5.74, 6) is 0. The summed E-state index contributed by atoms with van der Waals surface area (Å²) < 4.78 is 220. The fourth-order valence-electron chi connectivity index (χ4n) is 5.09. The van der Waals surface area contributed by atoms with E-state index in [1.807, 2.05) is 0 Å². The van der Waals surface area contributed by atoms with E-state index >= 15 is 0 Å². The molecule has 0 N–H and O–H groups in total. The second kappa shape index (κ2) is 8.55. The van der Waals surface area contributed by atoms with Crippen LogP contribution in [0.1, 0.15) is 32.9 Å². The Bertz CT molecular complexity index is 3790. The molecule has 0 bridgehead atoms. The van der Waals surface area contributed by atoms with Crippen molar-refractivity contribution in [1.29, 1.82) is 0 Å². The van der Waals surface area contributed by atoms with Crippen molar-refractivity contribution in [2.24, 2.45) is 0 Å². The molecule has 1 aromatic heterocycles. The van der Waals surface area contributed by atoms with Crippen LogP contribution in [0.5, 0.6) is 0 Å². The van der Waals surface area contributed by atoms with Gasteiger partial charge < -0.3 is 4.42 Å². The molecule has 0 atom stereocenters. The molecule has 0 spiro atoms. The minimum absolute atomic E-state index is 0.473.